The average Bonchev–Trinajstić information content (AvgIpc) is 2.90. The number of rotatable bonds is 3. The molecule has 0 bridgehead atoms. The van der Waals surface area contributed by atoms with Crippen LogP contribution in [0.1, 0.15) is 18.4 Å². The van der Waals surface area contributed by atoms with E-state index < -0.39 is 17.2 Å². The fourth-order valence-electron chi connectivity index (χ4n) is 1.52. The summed E-state index contributed by atoms with van der Waals surface area (Å²) in [4.78, 5) is 0. The Morgan fingerprint density at radius 2 is 1.87 bits per heavy atom. The van der Waals surface area contributed by atoms with E-state index in [0.717, 1.165) is 12.1 Å². The monoisotopic (exact) mass is 214 g/mol. The molecule has 0 aromatic heterocycles. The van der Waals surface area contributed by atoms with Crippen molar-refractivity contribution in [3.05, 3.63) is 29.3 Å². The summed E-state index contributed by atoms with van der Waals surface area (Å²) in [6.45, 7) is 0. The summed E-state index contributed by atoms with van der Waals surface area (Å²) in [6.07, 6.45) is 1.25. The van der Waals surface area contributed by atoms with Crippen LogP contribution >= 0.6 is 0 Å². The lowest BCUT2D eigenvalue weighted by Gasteiger charge is -2.10. The zero-order valence-corrected chi connectivity index (χ0v) is 8.39. The highest BCUT2D eigenvalue weighted by atomic mass is 19.1. The van der Waals surface area contributed by atoms with E-state index in [1.54, 1.807) is 0 Å². The minimum Gasteiger partial charge on any atom is -0.497 e. The Hall–Kier alpha value is -1.16. The zero-order chi connectivity index (χ0) is 11.1. The van der Waals surface area contributed by atoms with Gasteiger partial charge < -0.3 is 9.84 Å². The van der Waals surface area contributed by atoms with Gasteiger partial charge in [0.1, 0.15) is 17.4 Å². The van der Waals surface area contributed by atoms with Crippen LogP contribution in [0.3, 0.4) is 0 Å². The largest absolute Gasteiger partial charge is 0.497 e. The van der Waals surface area contributed by atoms with Crippen LogP contribution in [0.25, 0.3) is 0 Å². The Morgan fingerprint density at radius 3 is 2.27 bits per heavy atom. The van der Waals surface area contributed by atoms with Gasteiger partial charge in [0, 0.05) is 24.1 Å². The number of methoxy groups -OCH3 is 1. The molecule has 2 nitrogen and oxygen atoms in total. The molecule has 0 radical (unpaired) electrons. The van der Waals surface area contributed by atoms with Crippen LogP contribution in [0.5, 0.6) is 5.75 Å². The number of halogens is 2. The fourth-order valence-corrected chi connectivity index (χ4v) is 1.52. The van der Waals surface area contributed by atoms with Crippen LogP contribution in [0, 0.1) is 11.6 Å². The number of hydrogen-bond acceptors (Lipinski definition) is 2. The van der Waals surface area contributed by atoms with Crippen molar-refractivity contribution in [2.24, 2.45) is 0 Å². The van der Waals surface area contributed by atoms with Gasteiger partial charge in [-0.25, -0.2) is 8.78 Å². The predicted molar refractivity (Wildman–Crippen MR) is 50.8 cm³/mol. The molecule has 0 amide bonds. The van der Waals surface area contributed by atoms with E-state index >= 15 is 0 Å². The van der Waals surface area contributed by atoms with Crippen molar-refractivity contribution in [2.45, 2.75) is 24.9 Å². The van der Waals surface area contributed by atoms with Gasteiger partial charge in [-0.3, -0.25) is 0 Å². The highest BCUT2D eigenvalue weighted by Crippen LogP contribution is 2.39. The second-order valence-electron chi connectivity index (χ2n) is 3.97. The van der Waals surface area contributed by atoms with Crippen LogP contribution in [-0.2, 0) is 6.42 Å². The van der Waals surface area contributed by atoms with Gasteiger partial charge in [-0.05, 0) is 12.8 Å². The molecule has 1 N–H and O–H groups in total. The summed E-state index contributed by atoms with van der Waals surface area (Å²) in [6, 6.07) is 2.26. The molecule has 1 aromatic carbocycles. The van der Waals surface area contributed by atoms with Crippen molar-refractivity contribution in [1.82, 2.24) is 0 Å². The van der Waals surface area contributed by atoms with Gasteiger partial charge in [0.15, 0.2) is 0 Å². The molecule has 1 aliphatic rings. The summed E-state index contributed by atoms with van der Waals surface area (Å²) in [5.41, 5.74) is -0.952. The van der Waals surface area contributed by atoms with Gasteiger partial charge in [-0.2, -0.15) is 0 Å². The van der Waals surface area contributed by atoms with E-state index in [-0.39, 0.29) is 17.7 Å². The first-order valence-corrected chi connectivity index (χ1v) is 4.78. The van der Waals surface area contributed by atoms with Crippen molar-refractivity contribution in [1.29, 1.82) is 0 Å². The second kappa shape index (κ2) is 3.45. The Labute approximate surface area is 86.5 Å². The van der Waals surface area contributed by atoms with Crippen LogP contribution in [0.15, 0.2) is 12.1 Å². The van der Waals surface area contributed by atoms with Crippen LogP contribution < -0.4 is 4.74 Å². The molecule has 0 spiro atoms. The molecular formula is C11H12F2O2. The minimum absolute atomic E-state index is 0.0364. The lowest BCUT2D eigenvalue weighted by atomic mass is 10.1. The molecule has 0 unspecified atom stereocenters. The highest BCUT2D eigenvalue weighted by Gasteiger charge is 2.41. The molecule has 1 aromatic rings. The van der Waals surface area contributed by atoms with Gasteiger partial charge in [0.25, 0.3) is 0 Å². The normalized spacial score (nSPS) is 17.6. The number of hydrogen-bond donors (Lipinski definition) is 1. The van der Waals surface area contributed by atoms with Crippen molar-refractivity contribution in [3.63, 3.8) is 0 Å². The van der Waals surface area contributed by atoms with E-state index in [1.165, 1.54) is 7.11 Å². The van der Waals surface area contributed by atoms with Crippen LogP contribution in [0.4, 0.5) is 8.78 Å². The first-order chi connectivity index (χ1) is 7.04. The molecule has 0 atom stereocenters. The van der Waals surface area contributed by atoms with Crippen molar-refractivity contribution >= 4 is 0 Å². The van der Waals surface area contributed by atoms with Crippen molar-refractivity contribution < 1.29 is 18.6 Å². The van der Waals surface area contributed by atoms with E-state index in [4.69, 9.17) is 4.74 Å². The Bertz CT molecular complexity index is 363. The molecule has 1 aliphatic carbocycles. The Balaban J connectivity index is 2.30. The molecule has 0 aliphatic heterocycles. The van der Waals surface area contributed by atoms with Gasteiger partial charge in [-0.15, -0.1) is 0 Å². The summed E-state index contributed by atoms with van der Waals surface area (Å²) in [5.74, 6) is -1.17. The standard InChI is InChI=1S/C11H12F2O2/c1-15-7-4-9(12)8(10(13)5-7)6-11(14)2-3-11/h4-5,14H,2-3,6H2,1H3. The lowest BCUT2D eigenvalue weighted by Crippen LogP contribution is -2.13. The SMILES string of the molecule is COc1cc(F)c(CC2(O)CC2)c(F)c1. The number of ether oxygens (including phenoxy) is 1. The van der Waals surface area contributed by atoms with E-state index in [2.05, 4.69) is 0 Å². The topological polar surface area (TPSA) is 29.5 Å². The summed E-state index contributed by atoms with van der Waals surface area (Å²) in [7, 11) is 1.35. The molecule has 4 heteroatoms. The Kier molecular flexibility index (Phi) is 2.38. The summed E-state index contributed by atoms with van der Waals surface area (Å²) < 4.78 is 31.6. The van der Waals surface area contributed by atoms with Crippen LogP contribution in [0.2, 0.25) is 0 Å². The van der Waals surface area contributed by atoms with Gasteiger partial charge in [0.05, 0.1) is 12.7 Å². The van der Waals surface area contributed by atoms with Gasteiger partial charge >= 0.3 is 0 Å². The summed E-state index contributed by atoms with van der Waals surface area (Å²) >= 11 is 0. The maximum Gasteiger partial charge on any atom is 0.133 e. The minimum atomic E-state index is -0.893. The second-order valence-corrected chi connectivity index (χ2v) is 3.97. The highest BCUT2D eigenvalue weighted by molar-refractivity contribution is 5.32. The maximum absolute atomic E-state index is 13.4. The Morgan fingerprint density at radius 1 is 1.33 bits per heavy atom. The summed E-state index contributed by atoms with van der Waals surface area (Å²) in [5, 5.41) is 9.59. The number of benzene rings is 1. The molecule has 1 fully saturated rings. The van der Waals surface area contributed by atoms with Crippen molar-refractivity contribution in [3.8, 4) is 5.75 Å². The predicted octanol–water partition coefficient (Wildman–Crippen LogP) is 2.04. The van der Waals surface area contributed by atoms with Crippen LogP contribution in [-0.4, -0.2) is 17.8 Å². The number of aliphatic hydroxyl groups is 1. The zero-order valence-electron chi connectivity index (χ0n) is 8.39. The molecule has 0 saturated heterocycles. The third-order valence-electron chi connectivity index (χ3n) is 2.68. The third-order valence-corrected chi connectivity index (χ3v) is 2.68. The first kappa shape index (κ1) is 10.4. The first-order valence-electron chi connectivity index (χ1n) is 4.78. The molecule has 82 valence electrons. The molecule has 0 heterocycles. The van der Waals surface area contributed by atoms with E-state index in [9.17, 15) is 13.9 Å². The van der Waals surface area contributed by atoms with Crippen molar-refractivity contribution in [2.75, 3.05) is 7.11 Å². The molecule has 1 saturated carbocycles. The lowest BCUT2D eigenvalue weighted by molar-refractivity contribution is 0.148. The quantitative estimate of drug-likeness (QED) is 0.834. The smallest absolute Gasteiger partial charge is 0.133 e. The molecule has 2 rings (SSSR count). The fraction of sp³-hybridized carbons (Fsp3) is 0.455. The molecule has 15 heavy (non-hydrogen) atoms. The average molecular weight is 214 g/mol. The van der Waals surface area contributed by atoms with E-state index in [1.807, 2.05) is 0 Å². The maximum atomic E-state index is 13.4. The third kappa shape index (κ3) is 2.09. The van der Waals surface area contributed by atoms with Gasteiger partial charge in [-0.1, -0.05) is 0 Å². The van der Waals surface area contributed by atoms with Gasteiger partial charge in [0.2, 0.25) is 0 Å². The van der Waals surface area contributed by atoms with E-state index in [0.29, 0.717) is 12.8 Å². The molecular weight excluding hydrogens is 202 g/mol.